The molecule has 0 aromatic heterocycles. The van der Waals surface area contributed by atoms with Crippen LogP contribution >= 0.6 is 23.4 Å². The normalized spacial score (nSPS) is 18.3. The van der Waals surface area contributed by atoms with Crippen LogP contribution in [0, 0.1) is 0 Å². The average molecular weight is 500 g/mol. The van der Waals surface area contributed by atoms with Gasteiger partial charge in [-0.1, -0.05) is 23.7 Å². The van der Waals surface area contributed by atoms with Crippen molar-refractivity contribution in [3.05, 3.63) is 58.1 Å². The number of aliphatic imine (C=N–C) groups is 1. The van der Waals surface area contributed by atoms with Gasteiger partial charge in [0.2, 0.25) is 0 Å². The zero-order chi connectivity index (χ0) is 24.1. The van der Waals surface area contributed by atoms with Crippen molar-refractivity contribution in [3.8, 4) is 0 Å². The van der Waals surface area contributed by atoms with Crippen molar-refractivity contribution >= 4 is 40.6 Å². The lowest BCUT2D eigenvalue weighted by molar-refractivity contribution is 0.406. The summed E-state index contributed by atoms with van der Waals surface area (Å²) in [4.78, 5) is 9.64. The van der Waals surface area contributed by atoms with Crippen LogP contribution in [0.2, 0.25) is 5.02 Å². The quantitative estimate of drug-likeness (QED) is 0.519. The Morgan fingerprint density at radius 2 is 1.59 bits per heavy atom. The molecule has 2 heterocycles. The molecule has 0 unspecified atom stereocenters. The second-order valence-corrected chi connectivity index (χ2v) is 11.7. The summed E-state index contributed by atoms with van der Waals surface area (Å²) in [5, 5.41) is 8.52. The second kappa shape index (κ2) is 11.3. The van der Waals surface area contributed by atoms with Crippen molar-refractivity contribution in [1.82, 2.24) is 9.80 Å². The van der Waals surface area contributed by atoms with Crippen molar-refractivity contribution in [2.45, 2.75) is 37.8 Å². The number of fused-ring (bicyclic) bond motifs is 1. The minimum Gasteiger partial charge on any atom is -0.371 e. The van der Waals surface area contributed by atoms with Crippen molar-refractivity contribution < 1.29 is 0 Å². The molecule has 0 radical (unpaired) electrons. The summed E-state index contributed by atoms with van der Waals surface area (Å²) in [6.07, 6.45) is 4.26. The molecule has 184 valence electrons. The van der Waals surface area contributed by atoms with E-state index in [0.717, 1.165) is 72.4 Å². The number of hydrogen-bond acceptors (Lipinski definition) is 5. The predicted octanol–water partition coefficient (Wildman–Crippen LogP) is 5.25. The second-order valence-electron chi connectivity index (χ2n) is 10.0. The lowest BCUT2D eigenvalue weighted by Gasteiger charge is -2.44. The van der Waals surface area contributed by atoms with Gasteiger partial charge in [-0.15, -0.1) is 0 Å². The fraction of sp³-hybridized carbons (Fsp3) is 0.519. The van der Waals surface area contributed by atoms with Gasteiger partial charge < -0.3 is 20.4 Å². The molecule has 2 N–H and O–H groups in total. The van der Waals surface area contributed by atoms with Crippen LogP contribution in [0.15, 0.2) is 41.4 Å². The lowest BCUT2D eigenvalue weighted by Crippen LogP contribution is -2.54. The highest BCUT2D eigenvalue weighted by Crippen LogP contribution is 2.40. The first kappa shape index (κ1) is 25.4. The zero-order valence-corrected chi connectivity index (χ0v) is 22.5. The van der Waals surface area contributed by atoms with Crippen molar-refractivity contribution in [1.29, 1.82) is 0 Å². The van der Waals surface area contributed by atoms with Gasteiger partial charge >= 0.3 is 0 Å². The van der Waals surface area contributed by atoms with Crippen LogP contribution < -0.4 is 10.6 Å². The third kappa shape index (κ3) is 6.28. The molecule has 2 aliphatic heterocycles. The Labute approximate surface area is 214 Å². The topological polar surface area (TPSA) is 42.9 Å². The van der Waals surface area contributed by atoms with E-state index >= 15 is 0 Å². The molecular formula is C27H38ClN5S. The largest absolute Gasteiger partial charge is 0.371 e. The van der Waals surface area contributed by atoms with E-state index in [1.807, 2.05) is 30.0 Å². The highest BCUT2D eigenvalue weighted by Gasteiger charge is 2.41. The van der Waals surface area contributed by atoms with E-state index in [4.69, 9.17) is 16.6 Å². The van der Waals surface area contributed by atoms with Crippen LogP contribution in [0.5, 0.6) is 0 Å². The Morgan fingerprint density at radius 1 is 0.941 bits per heavy atom. The average Bonchev–Trinajstić information content (AvgIpc) is 2.80. The van der Waals surface area contributed by atoms with Gasteiger partial charge in [0.15, 0.2) is 0 Å². The fourth-order valence-electron chi connectivity index (χ4n) is 4.69. The van der Waals surface area contributed by atoms with Gasteiger partial charge in [0.05, 0.1) is 23.5 Å². The summed E-state index contributed by atoms with van der Waals surface area (Å²) in [5.74, 6) is 3.36. The number of rotatable bonds is 8. The van der Waals surface area contributed by atoms with Gasteiger partial charge in [0.1, 0.15) is 5.84 Å². The minimum atomic E-state index is -0.124. The molecular weight excluding hydrogens is 462 g/mol. The van der Waals surface area contributed by atoms with E-state index in [0.29, 0.717) is 6.54 Å². The summed E-state index contributed by atoms with van der Waals surface area (Å²) < 4.78 is 0. The molecule has 0 bridgehead atoms. The van der Waals surface area contributed by atoms with Gasteiger partial charge in [0.25, 0.3) is 0 Å². The molecule has 1 spiro atoms. The molecule has 7 heteroatoms. The number of nitrogens with zero attached hydrogens (tertiary/aromatic N) is 3. The molecule has 2 aliphatic rings. The summed E-state index contributed by atoms with van der Waals surface area (Å²) in [7, 11) is 8.58. The highest BCUT2D eigenvalue weighted by molar-refractivity contribution is 7.99. The summed E-state index contributed by atoms with van der Waals surface area (Å²) in [6, 6.07) is 12.8. The first-order valence-electron chi connectivity index (χ1n) is 12.2. The van der Waals surface area contributed by atoms with Crippen LogP contribution in [0.1, 0.15) is 29.5 Å². The van der Waals surface area contributed by atoms with Crippen LogP contribution in [0.3, 0.4) is 0 Å². The standard InChI is InChI=1S/C27H38ClN5S/c1-32(2)12-8-21-17-24-25(18-22(21)9-13-33(3)4)31-27(10-14-34-15-11-27)26(30-24)29-19-20-6-5-7-23(28)16-20/h5-7,16-18,31H,8-15,19H2,1-4H3,(H,29,30). The van der Waals surface area contributed by atoms with Crippen molar-refractivity contribution in [2.75, 3.05) is 63.4 Å². The van der Waals surface area contributed by atoms with E-state index < -0.39 is 0 Å². The Bertz CT molecular complexity index is 1010. The molecule has 0 atom stereocenters. The number of amidine groups is 1. The van der Waals surface area contributed by atoms with E-state index in [-0.39, 0.29) is 5.54 Å². The predicted molar refractivity (Wildman–Crippen MR) is 150 cm³/mol. The maximum absolute atomic E-state index is 6.22. The number of hydrogen-bond donors (Lipinski definition) is 2. The fourth-order valence-corrected chi connectivity index (χ4v) is 6.09. The van der Waals surface area contributed by atoms with Gasteiger partial charge in [-0.25, -0.2) is 0 Å². The SMILES string of the molecule is CN(C)CCc1cc2c(cc1CCN(C)C)NC1(CCSCC1)C(=NCc1cccc(Cl)c1)N2. The Hall–Kier alpha value is -1.73. The number of thioether (sulfide) groups is 1. The van der Waals surface area contributed by atoms with Crippen molar-refractivity contribution in [2.24, 2.45) is 4.99 Å². The minimum absolute atomic E-state index is 0.124. The highest BCUT2D eigenvalue weighted by atomic mass is 35.5. The van der Waals surface area contributed by atoms with Crippen molar-refractivity contribution in [3.63, 3.8) is 0 Å². The molecule has 4 rings (SSSR count). The third-order valence-corrected chi connectivity index (χ3v) is 7.95. The van der Waals surface area contributed by atoms with E-state index in [2.05, 4.69) is 66.8 Å². The lowest BCUT2D eigenvalue weighted by atomic mass is 9.86. The summed E-state index contributed by atoms with van der Waals surface area (Å²) in [6.45, 7) is 2.72. The molecule has 34 heavy (non-hydrogen) atoms. The third-order valence-electron chi connectivity index (χ3n) is 6.73. The summed E-state index contributed by atoms with van der Waals surface area (Å²) in [5.41, 5.74) is 6.25. The van der Waals surface area contributed by atoms with E-state index in [9.17, 15) is 0 Å². The smallest absolute Gasteiger partial charge is 0.127 e. The summed E-state index contributed by atoms with van der Waals surface area (Å²) >= 11 is 8.26. The molecule has 0 saturated carbocycles. The van der Waals surface area contributed by atoms with Crippen LogP contribution in [-0.4, -0.2) is 74.0 Å². The molecule has 1 saturated heterocycles. The number of halogens is 1. The van der Waals surface area contributed by atoms with Crippen LogP contribution in [0.25, 0.3) is 0 Å². The molecule has 0 amide bonds. The number of benzene rings is 2. The number of nitrogens with one attached hydrogen (secondary N) is 2. The van der Waals surface area contributed by atoms with Gasteiger partial charge in [-0.3, -0.25) is 4.99 Å². The zero-order valence-electron chi connectivity index (χ0n) is 21.0. The van der Waals surface area contributed by atoms with Crippen LogP contribution in [0.4, 0.5) is 11.4 Å². The Balaban J connectivity index is 1.67. The monoisotopic (exact) mass is 499 g/mol. The Morgan fingerprint density at radius 3 is 2.21 bits per heavy atom. The maximum Gasteiger partial charge on any atom is 0.127 e. The molecule has 2 aromatic rings. The van der Waals surface area contributed by atoms with Gasteiger partial charge in [-0.05, 0) is 106 Å². The molecule has 0 aliphatic carbocycles. The maximum atomic E-state index is 6.22. The van der Waals surface area contributed by atoms with E-state index in [1.165, 1.54) is 16.8 Å². The van der Waals surface area contributed by atoms with Crippen LogP contribution in [-0.2, 0) is 19.4 Å². The first-order chi connectivity index (χ1) is 16.3. The molecule has 5 nitrogen and oxygen atoms in total. The molecule has 2 aromatic carbocycles. The van der Waals surface area contributed by atoms with E-state index in [1.54, 1.807) is 0 Å². The Kier molecular flexibility index (Phi) is 8.46. The first-order valence-corrected chi connectivity index (χ1v) is 13.8. The van der Waals surface area contributed by atoms with Gasteiger partial charge in [-0.2, -0.15) is 11.8 Å². The van der Waals surface area contributed by atoms with Gasteiger partial charge in [0, 0.05) is 18.1 Å². The number of anilines is 2. The molecule has 1 fully saturated rings. The number of likely N-dealkylation sites (N-methyl/N-ethyl adjacent to an activating group) is 2.